The molecule has 6 heteroatoms. The molecule has 0 aliphatic carbocycles. The minimum Gasteiger partial charge on any atom is -0.497 e. The molecule has 0 saturated heterocycles. The van der Waals surface area contributed by atoms with E-state index in [-0.39, 0.29) is 17.5 Å². The van der Waals surface area contributed by atoms with Gasteiger partial charge in [-0.15, -0.1) is 0 Å². The molecule has 1 amide bonds. The molecule has 0 radical (unpaired) electrons. The number of benzene rings is 2. The van der Waals surface area contributed by atoms with Crippen molar-refractivity contribution in [2.24, 2.45) is 0 Å². The fourth-order valence-electron chi connectivity index (χ4n) is 1.99. The number of hydrogen-bond donors (Lipinski definition) is 2. The summed E-state index contributed by atoms with van der Waals surface area (Å²) in [5.74, 6) is 0.181. The summed E-state index contributed by atoms with van der Waals surface area (Å²) in [4.78, 5) is 11.8. The number of rotatable bonds is 7. The standard InChI is InChI=1S/C17H18ClFN2O2/c1-23-14-5-2-12(3-6-14)8-9-20-17(22)11-21-13-4-7-16(19)15(18)10-13/h2-7,10,21H,8-9,11H2,1H3,(H,20,22). The van der Waals surface area contributed by atoms with Crippen molar-refractivity contribution in [3.63, 3.8) is 0 Å². The Morgan fingerprint density at radius 2 is 1.96 bits per heavy atom. The topological polar surface area (TPSA) is 50.4 Å². The van der Waals surface area contributed by atoms with E-state index in [1.807, 2.05) is 24.3 Å². The molecule has 2 aromatic carbocycles. The lowest BCUT2D eigenvalue weighted by Crippen LogP contribution is -2.31. The number of amides is 1. The maximum atomic E-state index is 13.0. The van der Waals surface area contributed by atoms with E-state index in [0.29, 0.717) is 12.2 Å². The Morgan fingerprint density at radius 1 is 1.22 bits per heavy atom. The van der Waals surface area contributed by atoms with Crippen molar-refractivity contribution in [1.82, 2.24) is 5.32 Å². The van der Waals surface area contributed by atoms with Gasteiger partial charge in [0.05, 0.1) is 18.7 Å². The molecule has 0 fully saturated rings. The van der Waals surface area contributed by atoms with Crippen molar-refractivity contribution in [3.05, 3.63) is 58.9 Å². The Morgan fingerprint density at radius 3 is 2.61 bits per heavy atom. The van der Waals surface area contributed by atoms with E-state index >= 15 is 0 Å². The average molecular weight is 337 g/mol. The number of methoxy groups -OCH3 is 1. The van der Waals surface area contributed by atoms with Gasteiger partial charge in [0.15, 0.2) is 0 Å². The Kier molecular flexibility index (Phi) is 6.23. The normalized spacial score (nSPS) is 10.2. The monoisotopic (exact) mass is 336 g/mol. The van der Waals surface area contributed by atoms with E-state index in [1.54, 1.807) is 7.11 Å². The molecule has 0 bridgehead atoms. The number of anilines is 1. The fourth-order valence-corrected chi connectivity index (χ4v) is 2.17. The molecule has 2 N–H and O–H groups in total. The minimum atomic E-state index is -0.485. The third-order valence-corrected chi connectivity index (χ3v) is 3.56. The number of carbonyl (C=O) groups is 1. The molecule has 122 valence electrons. The van der Waals surface area contributed by atoms with Crippen LogP contribution in [0, 0.1) is 5.82 Å². The number of ether oxygens (including phenoxy) is 1. The van der Waals surface area contributed by atoms with Gasteiger partial charge in [-0.1, -0.05) is 23.7 Å². The summed E-state index contributed by atoms with van der Waals surface area (Å²) in [6.07, 6.45) is 0.734. The Labute approximate surface area is 139 Å². The highest BCUT2D eigenvalue weighted by Gasteiger charge is 2.04. The minimum absolute atomic E-state index is 0.0231. The molecule has 23 heavy (non-hydrogen) atoms. The molecular formula is C17H18ClFN2O2. The third-order valence-electron chi connectivity index (χ3n) is 3.27. The summed E-state index contributed by atoms with van der Waals surface area (Å²) >= 11 is 5.68. The lowest BCUT2D eigenvalue weighted by Gasteiger charge is -2.09. The Balaban J connectivity index is 1.71. The third kappa shape index (κ3) is 5.45. The van der Waals surface area contributed by atoms with Gasteiger partial charge in [0.25, 0.3) is 0 Å². The van der Waals surface area contributed by atoms with E-state index in [1.165, 1.54) is 18.2 Å². The van der Waals surface area contributed by atoms with Crippen LogP contribution in [0.1, 0.15) is 5.56 Å². The van der Waals surface area contributed by atoms with Gasteiger partial charge in [-0.2, -0.15) is 0 Å². The maximum Gasteiger partial charge on any atom is 0.239 e. The van der Waals surface area contributed by atoms with Crippen molar-refractivity contribution < 1.29 is 13.9 Å². The SMILES string of the molecule is COc1ccc(CCNC(=O)CNc2ccc(F)c(Cl)c2)cc1. The van der Waals surface area contributed by atoms with Gasteiger partial charge >= 0.3 is 0 Å². The lowest BCUT2D eigenvalue weighted by atomic mass is 10.1. The van der Waals surface area contributed by atoms with Crippen LogP contribution in [0.15, 0.2) is 42.5 Å². The van der Waals surface area contributed by atoms with E-state index in [9.17, 15) is 9.18 Å². The molecule has 0 heterocycles. The summed E-state index contributed by atoms with van der Waals surface area (Å²) in [6, 6.07) is 11.9. The predicted molar refractivity (Wildman–Crippen MR) is 89.6 cm³/mol. The highest BCUT2D eigenvalue weighted by atomic mass is 35.5. The first-order valence-corrected chi connectivity index (χ1v) is 7.55. The van der Waals surface area contributed by atoms with Crippen LogP contribution in [0.2, 0.25) is 5.02 Å². The maximum absolute atomic E-state index is 13.0. The van der Waals surface area contributed by atoms with Crippen molar-refractivity contribution in [3.8, 4) is 5.75 Å². The summed E-state index contributed by atoms with van der Waals surface area (Å²) in [7, 11) is 1.62. The molecule has 0 atom stereocenters. The second-order valence-electron chi connectivity index (χ2n) is 4.93. The molecule has 0 saturated carbocycles. The lowest BCUT2D eigenvalue weighted by molar-refractivity contribution is -0.119. The summed E-state index contributed by atoms with van der Waals surface area (Å²) in [6.45, 7) is 0.640. The van der Waals surface area contributed by atoms with Crippen LogP contribution >= 0.6 is 11.6 Å². The van der Waals surface area contributed by atoms with Gasteiger partial charge < -0.3 is 15.4 Å². The van der Waals surface area contributed by atoms with Crippen molar-refractivity contribution in [2.45, 2.75) is 6.42 Å². The highest BCUT2D eigenvalue weighted by molar-refractivity contribution is 6.31. The van der Waals surface area contributed by atoms with Crippen molar-refractivity contribution in [1.29, 1.82) is 0 Å². The Bertz CT molecular complexity index is 662. The number of carbonyl (C=O) groups excluding carboxylic acids is 1. The largest absolute Gasteiger partial charge is 0.497 e. The first kappa shape index (κ1) is 17.1. The van der Waals surface area contributed by atoms with Crippen LogP contribution in [0.3, 0.4) is 0 Å². The first-order valence-electron chi connectivity index (χ1n) is 7.17. The van der Waals surface area contributed by atoms with Crippen LogP contribution in [0.5, 0.6) is 5.75 Å². The number of nitrogens with one attached hydrogen (secondary N) is 2. The summed E-state index contributed by atoms with van der Waals surface area (Å²) in [5.41, 5.74) is 1.71. The molecule has 4 nitrogen and oxygen atoms in total. The zero-order chi connectivity index (χ0) is 16.7. The molecular weight excluding hydrogens is 319 g/mol. The zero-order valence-corrected chi connectivity index (χ0v) is 13.5. The van der Waals surface area contributed by atoms with Gasteiger partial charge in [-0.25, -0.2) is 4.39 Å². The average Bonchev–Trinajstić information content (AvgIpc) is 2.56. The van der Waals surface area contributed by atoms with Crippen LogP contribution in [0.4, 0.5) is 10.1 Å². The molecule has 0 aromatic heterocycles. The van der Waals surface area contributed by atoms with E-state index in [4.69, 9.17) is 16.3 Å². The van der Waals surface area contributed by atoms with E-state index in [2.05, 4.69) is 10.6 Å². The highest BCUT2D eigenvalue weighted by Crippen LogP contribution is 2.19. The molecule has 2 aromatic rings. The second kappa shape index (κ2) is 8.39. The second-order valence-corrected chi connectivity index (χ2v) is 5.34. The van der Waals surface area contributed by atoms with Gasteiger partial charge in [0.2, 0.25) is 5.91 Å². The summed E-state index contributed by atoms with van der Waals surface area (Å²) < 4.78 is 18.1. The number of halogens is 2. The predicted octanol–water partition coefficient (Wildman–Crippen LogP) is 3.26. The van der Waals surface area contributed by atoms with Crippen LogP contribution in [-0.4, -0.2) is 26.1 Å². The zero-order valence-electron chi connectivity index (χ0n) is 12.7. The fraction of sp³-hybridized carbons (Fsp3) is 0.235. The Hall–Kier alpha value is -2.27. The molecule has 2 rings (SSSR count). The van der Waals surface area contributed by atoms with Gasteiger partial charge in [-0.05, 0) is 42.3 Å². The molecule has 0 aliphatic rings. The van der Waals surface area contributed by atoms with E-state index < -0.39 is 5.82 Å². The molecule has 0 spiro atoms. The van der Waals surface area contributed by atoms with Gasteiger partial charge in [0, 0.05) is 12.2 Å². The molecule has 0 aliphatic heterocycles. The van der Waals surface area contributed by atoms with Crippen LogP contribution in [0.25, 0.3) is 0 Å². The van der Waals surface area contributed by atoms with Crippen LogP contribution in [-0.2, 0) is 11.2 Å². The van der Waals surface area contributed by atoms with Gasteiger partial charge in [-0.3, -0.25) is 4.79 Å². The first-order chi connectivity index (χ1) is 11.1. The van der Waals surface area contributed by atoms with E-state index in [0.717, 1.165) is 17.7 Å². The van der Waals surface area contributed by atoms with Crippen molar-refractivity contribution >= 4 is 23.2 Å². The molecule has 0 unspecified atom stereocenters. The van der Waals surface area contributed by atoms with Crippen molar-refractivity contribution in [2.75, 3.05) is 25.5 Å². The van der Waals surface area contributed by atoms with Gasteiger partial charge in [0.1, 0.15) is 11.6 Å². The van der Waals surface area contributed by atoms with Crippen LogP contribution < -0.4 is 15.4 Å². The smallest absolute Gasteiger partial charge is 0.239 e. The summed E-state index contributed by atoms with van der Waals surface area (Å²) in [5, 5.41) is 5.74. The quantitative estimate of drug-likeness (QED) is 0.816. The number of hydrogen-bond acceptors (Lipinski definition) is 3.